The Morgan fingerprint density at radius 3 is 2.62 bits per heavy atom. The lowest BCUT2D eigenvalue weighted by Gasteiger charge is -2.22. The van der Waals surface area contributed by atoms with Crippen molar-refractivity contribution >= 4 is 15.9 Å². The average Bonchev–Trinajstić information content (AvgIpc) is 2.89. The minimum absolute atomic E-state index is 0.638. The molecule has 1 aliphatic rings. The van der Waals surface area contributed by atoms with Crippen molar-refractivity contribution in [3.8, 4) is 0 Å². The first-order chi connectivity index (χ1) is 12.2. The van der Waals surface area contributed by atoms with E-state index in [4.69, 9.17) is 23.6 Å². The normalized spacial score (nSPS) is 29.4. The van der Waals surface area contributed by atoms with Crippen LogP contribution in [0.5, 0.6) is 0 Å². The van der Waals surface area contributed by atoms with Gasteiger partial charge < -0.3 is 28.5 Å². The van der Waals surface area contributed by atoms with Crippen LogP contribution in [-0.2, 0) is 32.4 Å². The van der Waals surface area contributed by atoms with Crippen LogP contribution in [0, 0.1) is 0 Å². The number of H-pyrrole nitrogens is 1. The van der Waals surface area contributed by atoms with Gasteiger partial charge in [-0.15, -0.1) is 0 Å². The summed E-state index contributed by atoms with van der Waals surface area (Å²) in [7, 11) is -5.31. The van der Waals surface area contributed by atoms with Crippen molar-refractivity contribution in [2.24, 2.45) is 0 Å². The lowest BCUT2D eigenvalue weighted by Crippen LogP contribution is -2.39. The summed E-state index contributed by atoms with van der Waals surface area (Å²) in [4.78, 5) is 43.7. The molecule has 2 unspecified atom stereocenters. The Labute approximate surface area is 146 Å². The van der Waals surface area contributed by atoms with Crippen LogP contribution in [-0.4, -0.2) is 58.4 Å². The number of nitrogens with one attached hydrogen (secondary N) is 1. The number of aromatic nitrogens is 2. The van der Waals surface area contributed by atoms with E-state index in [1.165, 1.54) is 7.11 Å². The molecule has 0 aliphatic carbocycles. The molecule has 26 heavy (non-hydrogen) atoms. The molecule has 148 valence electrons. The van der Waals surface area contributed by atoms with E-state index in [0.717, 1.165) is 23.9 Å². The molecule has 0 amide bonds. The summed E-state index contributed by atoms with van der Waals surface area (Å²) in [5.41, 5.74) is -1.47. The maximum atomic E-state index is 12.0. The third kappa shape index (κ3) is 4.97. The van der Waals surface area contributed by atoms with E-state index in [9.17, 15) is 23.6 Å². The molecule has 1 fully saturated rings. The second kappa shape index (κ2) is 8.70. The Balaban J connectivity index is 2.32. The second-order valence-corrected chi connectivity index (χ2v) is 7.74. The highest BCUT2D eigenvalue weighted by atomic mass is 31.2. The smallest absolute Gasteiger partial charge is 0.353 e. The quantitative estimate of drug-likeness (QED) is 0.442. The molecule has 0 bridgehead atoms. The number of rotatable bonds is 8. The van der Waals surface area contributed by atoms with Crippen LogP contribution >= 0.6 is 15.9 Å². The van der Waals surface area contributed by atoms with Crippen molar-refractivity contribution in [3.05, 3.63) is 33.1 Å². The fourth-order valence-electron chi connectivity index (χ4n) is 2.31. The Kier molecular flexibility index (Phi) is 7.08. The SMILES string of the molecule is CO[C@@H]1[C@H](O[PH](=O)O)[C@@H](OCP(=O)(O)OC)O[C@H]1n1ccc(=O)[nH]c1=O. The van der Waals surface area contributed by atoms with E-state index in [-0.39, 0.29) is 0 Å². The van der Waals surface area contributed by atoms with Gasteiger partial charge in [-0.2, -0.15) is 0 Å². The van der Waals surface area contributed by atoms with Gasteiger partial charge in [0.2, 0.25) is 0 Å². The van der Waals surface area contributed by atoms with Crippen LogP contribution in [0.3, 0.4) is 0 Å². The topological polar surface area (TPSA) is 176 Å². The van der Waals surface area contributed by atoms with Gasteiger partial charge in [-0.3, -0.25) is 28.0 Å². The van der Waals surface area contributed by atoms with Crippen LogP contribution in [0.25, 0.3) is 0 Å². The van der Waals surface area contributed by atoms with Gasteiger partial charge in [0, 0.05) is 26.5 Å². The first-order valence-corrected chi connectivity index (χ1v) is 10.1. The maximum Gasteiger partial charge on any atom is 0.353 e. The van der Waals surface area contributed by atoms with Crippen LogP contribution in [0.15, 0.2) is 21.9 Å². The minimum Gasteiger partial charge on any atom is -0.374 e. The van der Waals surface area contributed by atoms with E-state index in [0.29, 0.717) is 0 Å². The van der Waals surface area contributed by atoms with Gasteiger partial charge in [0.15, 0.2) is 18.9 Å². The molecular formula is C11H18N2O11P2. The fraction of sp³-hybridized carbons (Fsp3) is 0.636. The summed E-state index contributed by atoms with van der Waals surface area (Å²) in [6.07, 6.45) is -4.72. The molecular weight excluding hydrogens is 398 g/mol. The molecule has 6 atom stereocenters. The van der Waals surface area contributed by atoms with Crippen molar-refractivity contribution < 1.29 is 42.2 Å². The predicted molar refractivity (Wildman–Crippen MR) is 84.9 cm³/mol. The molecule has 2 heterocycles. The van der Waals surface area contributed by atoms with Crippen LogP contribution in [0.4, 0.5) is 0 Å². The van der Waals surface area contributed by atoms with Crippen LogP contribution < -0.4 is 11.2 Å². The summed E-state index contributed by atoms with van der Waals surface area (Å²) in [6, 6.07) is 1.06. The van der Waals surface area contributed by atoms with Crippen LogP contribution in [0.1, 0.15) is 6.23 Å². The van der Waals surface area contributed by atoms with Crippen LogP contribution in [0.2, 0.25) is 0 Å². The Morgan fingerprint density at radius 2 is 2.08 bits per heavy atom. The molecule has 0 aromatic carbocycles. The largest absolute Gasteiger partial charge is 0.374 e. The van der Waals surface area contributed by atoms with Crippen molar-refractivity contribution in [1.29, 1.82) is 0 Å². The summed E-state index contributed by atoms with van der Waals surface area (Å²) < 4.78 is 48.7. The third-order valence-corrected chi connectivity index (χ3v) is 4.99. The van der Waals surface area contributed by atoms with E-state index in [1.807, 2.05) is 4.98 Å². The highest BCUT2D eigenvalue weighted by molar-refractivity contribution is 7.52. The van der Waals surface area contributed by atoms with Crippen molar-refractivity contribution in [2.45, 2.75) is 24.7 Å². The molecule has 13 nitrogen and oxygen atoms in total. The highest BCUT2D eigenvalue weighted by Crippen LogP contribution is 2.43. The summed E-state index contributed by atoms with van der Waals surface area (Å²) in [6.45, 7) is 0. The minimum atomic E-state index is -4.07. The predicted octanol–water partition coefficient (Wildman–Crippen LogP) is -1.02. The first kappa shape index (κ1) is 21.2. The Morgan fingerprint density at radius 1 is 1.38 bits per heavy atom. The van der Waals surface area contributed by atoms with Crippen molar-refractivity contribution in [1.82, 2.24) is 9.55 Å². The number of aromatic amines is 1. The highest BCUT2D eigenvalue weighted by Gasteiger charge is 2.49. The third-order valence-electron chi connectivity index (χ3n) is 3.47. The van der Waals surface area contributed by atoms with Gasteiger partial charge in [0.25, 0.3) is 5.56 Å². The zero-order valence-corrected chi connectivity index (χ0v) is 15.5. The van der Waals surface area contributed by atoms with Gasteiger partial charge in [-0.25, -0.2) is 4.79 Å². The zero-order valence-electron chi connectivity index (χ0n) is 13.6. The molecule has 0 radical (unpaired) electrons. The molecule has 3 N–H and O–H groups in total. The first-order valence-electron chi connectivity index (χ1n) is 7.07. The molecule has 1 aromatic rings. The molecule has 1 aliphatic heterocycles. The van der Waals surface area contributed by atoms with Gasteiger partial charge in [0.1, 0.15) is 12.2 Å². The van der Waals surface area contributed by atoms with E-state index in [2.05, 4.69) is 4.52 Å². The number of ether oxygens (including phenoxy) is 3. The number of nitrogens with zero attached hydrogens (tertiary/aromatic N) is 1. The van der Waals surface area contributed by atoms with Gasteiger partial charge >= 0.3 is 21.5 Å². The number of methoxy groups -OCH3 is 1. The Bertz CT molecular complexity index is 808. The summed E-state index contributed by atoms with van der Waals surface area (Å²) in [5, 5.41) is 0. The fourth-order valence-corrected chi connectivity index (χ4v) is 3.22. The van der Waals surface area contributed by atoms with Crippen molar-refractivity contribution in [3.63, 3.8) is 0 Å². The summed E-state index contributed by atoms with van der Waals surface area (Å²) >= 11 is 0. The monoisotopic (exact) mass is 416 g/mol. The summed E-state index contributed by atoms with van der Waals surface area (Å²) in [5.74, 6) is 0. The van der Waals surface area contributed by atoms with E-state index >= 15 is 0 Å². The standard InChI is InChI=1S/C11H18N2O11P2/c1-20-7-8(24-25(16)17)10(22-5-26(18,19)21-2)23-9(7)13-4-3-6(14)12-11(13)15/h3-4,7-10,25H,5H2,1-2H3,(H,16,17)(H,18,19)(H,12,14,15)/t7-,8+,9-,10+/m1/s1. The molecule has 15 heteroatoms. The van der Waals surface area contributed by atoms with Gasteiger partial charge in [-0.05, 0) is 0 Å². The molecule has 2 rings (SSSR count). The number of hydrogen-bond acceptors (Lipinski definition) is 9. The molecule has 1 aromatic heterocycles. The van der Waals surface area contributed by atoms with E-state index < -0.39 is 58.2 Å². The van der Waals surface area contributed by atoms with Crippen molar-refractivity contribution in [2.75, 3.05) is 20.6 Å². The number of hydrogen-bond donors (Lipinski definition) is 3. The zero-order chi connectivity index (χ0) is 19.5. The lowest BCUT2D eigenvalue weighted by atomic mass is 10.2. The van der Waals surface area contributed by atoms with E-state index in [1.54, 1.807) is 0 Å². The van der Waals surface area contributed by atoms with Gasteiger partial charge in [0.05, 0.1) is 0 Å². The molecule has 0 spiro atoms. The lowest BCUT2D eigenvalue weighted by molar-refractivity contribution is -0.165. The average molecular weight is 416 g/mol. The molecule has 1 saturated heterocycles. The Hall–Kier alpha value is -1.14. The molecule has 0 saturated carbocycles. The maximum absolute atomic E-state index is 12.0. The second-order valence-electron chi connectivity index (χ2n) is 5.08. The van der Waals surface area contributed by atoms with Gasteiger partial charge in [-0.1, -0.05) is 0 Å².